The molecule has 0 aromatic heterocycles. The number of aliphatic hydroxyl groups excluding tert-OH is 1. The quantitative estimate of drug-likeness (QED) is 0.732. The van der Waals surface area contributed by atoms with Gasteiger partial charge in [-0.15, -0.1) is 0 Å². The van der Waals surface area contributed by atoms with Crippen LogP contribution in [0.2, 0.25) is 13.1 Å². The number of ether oxygens (including phenoxy) is 2. The van der Waals surface area contributed by atoms with Crippen LogP contribution in [0.15, 0.2) is 30.3 Å². The second-order valence-electron chi connectivity index (χ2n) is 4.76. The minimum atomic E-state index is -1.71. The molecule has 0 aliphatic rings. The van der Waals surface area contributed by atoms with Gasteiger partial charge in [-0.2, -0.15) is 0 Å². The summed E-state index contributed by atoms with van der Waals surface area (Å²) in [4.78, 5) is 0. The predicted molar refractivity (Wildman–Crippen MR) is 73.3 cm³/mol. The van der Waals surface area contributed by atoms with E-state index in [0.717, 1.165) is 5.75 Å². The Balaban J connectivity index is 2.16. The fourth-order valence-corrected chi connectivity index (χ4v) is 1.98. The fraction of sp³-hybridized carbons (Fsp3) is 0.538. The Labute approximate surface area is 110 Å². The second kappa shape index (κ2) is 7.53. The minimum Gasteiger partial charge on any atom is -0.491 e. The smallest absolute Gasteiger partial charge is 0.211 e. The van der Waals surface area contributed by atoms with Crippen LogP contribution in [0.5, 0.6) is 5.75 Å². The van der Waals surface area contributed by atoms with E-state index in [2.05, 4.69) is 13.1 Å². The Morgan fingerprint density at radius 2 is 1.83 bits per heavy atom. The standard InChI is InChI=1S/C13H22O4Si/c1-15-18(2,3)11-16-9-12(14)10-17-13-7-5-4-6-8-13/h4-8,12,14H,9-11H2,1-3H3. The van der Waals surface area contributed by atoms with Gasteiger partial charge >= 0.3 is 0 Å². The molecule has 0 fully saturated rings. The number of para-hydroxylation sites is 1. The van der Waals surface area contributed by atoms with Crippen molar-refractivity contribution in [2.24, 2.45) is 0 Å². The van der Waals surface area contributed by atoms with Gasteiger partial charge in [0, 0.05) is 7.11 Å². The molecule has 5 heteroatoms. The van der Waals surface area contributed by atoms with Crippen LogP contribution in [-0.4, -0.2) is 46.1 Å². The van der Waals surface area contributed by atoms with Crippen LogP contribution in [0.4, 0.5) is 0 Å². The summed E-state index contributed by atoms with van der Waals surface area (Å²) >= 11 is 0. The Kier molecular flexibility index (Phi) is 6.35. The normalized spacial score (nSPS) is 13.3. The lowest BCUT2D eigenvalue weighted by Crippen LogP contribution is -2.37. The van der Waals surface area contributed by atoms with Gasteiger partial charge in [-0.3, -0.25) is 0 Å². The van der Waals surface area contributed by atoms with Crippen molar-refractivity contribution in [1.82, 2.24) is 0 Å². The Morgan fingerprint density at radius 3 is 2.44 bits per heavy atom. The minimum absolute atomic E-state index is 0.235. The molecule has 0 aliphatic carbocycles. The van der Waals surface area contributed by atoms with Crippen LogP contribution in [0.25, 0.3) is 0 Å². The first kappa shape index (κ1) is 15.2. The molecular formula is C13H22O4Si. The highest BCUT2D eigenvalue weighted by Gasteiger charge is 2.21. The van der Waals surface area contributed by atoms with Crippen molar-refractivity contribution in [2.45, 2.75) is 19.2 Å². The molecule has 0 spiro atoms. The second-order valence-corrected chi connectivity index (χ2v) is 8.97. The van der Waals surface area contributed by atoms with Crippen LogP contribution < -0.4 is 4.74 Å². The molecular weight excluding hydrogens is 248 g/mol. The van der Waals surface area contributed by atoms with Gasteiger partial charge in [-0.1, -0.05) is 18.2 Å². The van der Waals surface area contributed by atoms with Crippen LogP contribution in [0.1, 0.15) is 0 Å². The van der Waals surface area contributed by atoms with Crippen LogP contribution in [0.3, 0.4) is 0 Å². The molecule has 1 N–H and O–H groups in total. The molecule has 0 bridgehead atoms. The molecule has 1 unspecified atom stereocenters. The molecule has 102 valence electrons. The number of hydrogen-bond acceptors (Lipinski definition) is 4. The molecule has 0 saturated heterocycles. The lowest BCUT2D eigenvalue weighted by molar-refractivity contribution is 0.0222. The highest BCUT2D eigenvalue weighted by molar-refractivity contribution is 6.71. The average Bonchev–Trinajstić information content (AvgIpc) is 2.37. The van der Waals surface area contributed by atoms with Crippen LogP contribution >= 0.6 is 0 Å². The number of hydrogen-bond donors (Lipinski definition) is 1. The molecule has 0 radical (unpaired) electrons. The van der Waals surface area contributed by atoms with Gasteiger partial charge in [-0.05, 0) is 25.2 Å². The summed E-state index contributed by atoms with van der Waals surface area (Å²) < 4.78 is 16.2. The van der Waals surface area contributed by atoms with Gasteiger partial charge in [0.15, 0.2) is 0 Å². The third-order valence-electron chi connectivity index (χ3n) is 2.50. The first-order valence-corrected chi connectivity index (χ1v) is 9.14. The van der Waals surface area contributed by atoms with E-state index < -0.39 is 14.4 Å². The van der Waals surface area contributed by atoms with Crippen molar-refractivity contribution in [2.75, 3.05) is 26.6 Å². The summed E-state index contributed by atoms with van der Waals surface area (Å²) in [5, 5.41) is 9.70. The molecule has 0 aliphatic heterocycles. The molecule has 18 heavy (non-hydrogen) atoms. The van der Waals surface area contributed by atoms with Gasteiger partial charge < -0.3 is 19.0 Å². The topological polar surface area (TPSA) is 47.9 Å². The van der Waals surface area contributed by atoms with Crippen LogP contribution in [-0.2, 0) is 9.16 Å². The van der Waals surface area contributed by atoms with E-state index in [0.29, 0.717) is 6.23 Å². The van der Waals surface area contributed by atoms with Crippen molar-refractivity contribution in [3.05, 3.63) is 30.3 Å². The van der Waals surface area contributed by atoms with E-state index in [4.69, 9.17) is 13.9 Å². The van der Waals surface area contributed by atoms with E-state index in [1.165, 1.54) is 0 Å². The summed E-state index contributed by atoms with van der Waals surface area (Å²) in [7, 11) is -0.00621. The van der Waals surface area contributed by atoms with Gasteiger partial charge in [-0.25, -0.2) is 0 Å². The molecule has 0 heterocycles. The van der Waals surface area contributed by atoms with E-state index in [9.17, 15) is 5.11 Å². The third-order valence-corrected chi connectivity index (χ3v) is 4.50. The molecule has 1 atom stereocenters. The number of benzene rings is 1. The molecule has 4 nitrogen and oxygen atoms in total. The fourth-order valence-electron chi connectivity index (χ4n) is 1.26. The summed E-state index contributed by atoms with van der Waals surface area (Å²) in [6.45, 7) is 4.64. The maximum absolute atomic E-state index is 9.70. The summed E-state index contributed by atoms with van der Waals surface area (Å²) in [5.74, 6) is 0.753. The summed E-state index contributed by atoms with van der Waals surface area (Å²) in [6, 6.07) is 9.42. The third kappa shape index (κ3) is 6.16. The van der Waals surface area contributed by atoms with Crippen molar-refractivity contribution < 1.29 is 19.0 Å². The van der Waals surface area contributed by atoms with E-state index in [1.807, 2.05) is 30.3 Å². The average molecular weight is 270 g/mol. The molecule has 1 aromatic carbocycles. The molecule has 1 rings (SSSR count). The van der Waals surface area contributed by atoms with E-state index in [-0.39, 0.29) is 13.2 Å². The Bertz CT molecular complexity index is 329. The van der Waals surface area contributed by atoms with Crippen molar-refractivity contribution in [1.29, 1.82) is 0 Å². The predicted octanol–water partition coefficient (Wildman–Crippen LogP) is 1.83. The monoisotopic (exact) mass is 270 g/mol. The number of aliphatic hydroxyl groups is 1. The Hall–Kier alpha value is -0.883. The zero-order chi connectivity index (χ0) is 13.4. The number of rotatable bonds is 8. The van der Waals surface area contributed by atoms with Crippen molar-refractivity contribution in [3.63, 3.8) is 0 Å². The van der Waals surface area contributed by atoms with Gasteiger partial charge in [0.05, 0.1) is 12.8 Å². The SMILES string of the molecule is CO[Si](C)(C)COCC(O)COc1ccccc1. The summed E-state index contributed by atoms with van der Waals surface area (Å²) in [5.41, 5.74) is 0. The van der Waals surface area contributed by atoms with Gasteiger partial charge in [0.1, 0.15) is 18.5 Å². The molecule has 0 amide bonds. The maximum Gasteiger partial charge on any atom is 0.211 e. The first-order valence-electron chi connectivity index (χ1n) is 6.02. The van der Waals surface area contributed by atoms with Crippen molar-refractivity contribution in [3.8, 4) is 5.75 Å². The van der Waals surface area contributed by atoms with Crippen LogP contribution in [0, 0.1) is 0 Å². The lowest BCUT2D eigenvalue weighted by atomic mass is 10.3. The lowest BCUT2D eigenvalue weighted by Gasteiger charge is -2.20. The van der Waals surface area contributed by atoms with Gasteiger partial charge in [0.2, 0.25) is 8.32 Å². The zero-order valence-electron chi connectivity index (χ0n) is 11.3. The highest BCUT2D eigenvalue weighted by Crippen LogP contribution is 2.09. The maximum atomic E-state index is 9.70. The molecule has 1 aromatic rings. The largest absolute Gasteiger partial charge is 0.491 e. The van der Waals surface area contributed by atoms with E-state index in [1.54, 1.807) is 7.11 Å². The van der Waals surface area contributed by atoms with Crippen molar-refractivity contribution >= 4 is 8.32 Å². The highest BCUT2D eigenvalue weighted by atomic mass is 28.4. The van der Waals surface area contributed by atoms with E-state index >= 15 is 0 Å². The summed E-state index contributed by atoms with van der Waals surface area (Å²) in [6.07, 6.45) is -0.0434. The first-order chi connectivity index (χ1) is 8.53. The zero-order valence-corrected chi connectivity index (χ0v) is 12.3. The Morgan fingerprint density at radius 1 is 1.17 bits per heavy atom. The molecule has 0 saturated carbocycles. The van der Waals surface area contributed by atoms with Gasteiger partial charge in [0.25, 0.3) is 0 Å².